The molecular formula is C15H24N2O2S. The van der Waals surface area contributed by atoms with Crippen LogP contribution in [0.5, 0.6) is 0 Å². The van der Waals surface area contributed by atoms with Crippen molar-refractivity contribution >= 4 is 10.0 Å². The second kappa shape index (κ2) is 6.70. The summed E-state index contributed by atoms with van der Waals surface area (Å²) in [6.07, 6.45) is 3.06. The molecule has 1 unspecified atom stereocenters. The Balaban J connectivity index is 2.25. The van der Waals surface area contributed by atoms with Crippen LogP contribution in [-0.4, -0.2) is 32.4 Å². The van der Waals surface area contributed by atoms with Crippen molar-refractivity contribution in [1.29, 1.82) is 0 Å². The second-order valence-electron chi connectivity index (χ2n) is 5.32. The first-order chi connectivity index (χ1) is 9.55. The van der Waals surface area contributed by atoms with Gasteiger partial charge in [-0.1, -0.05) is 25.5 Å². The minimum atomic E-state index is -3.33. The van der Waals surface area contributed by atoms with E-state index in [-0.39, 0.29) is 6.04 Å². The molecular weight excluding hydrogens is 272 g/mol. The normalized spacial score (nSPS) is 18.9. The lowest BCUT2D eigenvalue weighted by molar-refractivity contribution is 0.346. The summed E-state index contributed by atoms with van der Waals surface area (Å²) in [5.41, 5.74) is 1.02. The van der Waals surface area contributed by atoms with Crippen LogP contribution in [0.4, 0.5) is 0 Å². The molecule has 1 saturated heterocycles. The molecule has 0 bridgehead atoms. The van der Waals surface area contributed by atoms with Crippen molar-refractivity contribution in [2.75, 3.05) is 19.6 Å². The maximum Gasteiger partial charge on any atom is 0.243 e. The smallest absolute Gasteiger partial charge is 0.243 e. The van der Waals surface area contributed by atoms with Gasteiger partial charge in [-0.15, -0.1) is 0 Å². The lowest BCUT2D eigenvalue weighted by atomic mass is 10.1. The van der Waals surface area contributed by atoms with Crippen LogP contribution < -0.4 is 5.32 Å². The Kier molecular flexibility index (Phi) is 5.18. The Hall–Kier alpha value is -0.910. The zero-order valence-corrected chi connectivity index (χ0v) is 13.1. The van der Waals surface area contributed by atoms with Gasteiger partial charge < -0.3 is 5.32 Å². The first-order valence-electron chi connectivity index (χ1n) is 7.39. The summed E-state index contributed by atoms with van der Waals surface area (Å²) in [4.78, 5) is 0.418. The summed E-state index contributed by atoms with van der Waals surface area (Å²) in [5.74, 6) is 0. The molecule has 1 fully saturated rings. The van der Waals surface area contributed by atoms with E-state index in [0.29, 0.717) is 18.0 Å². The molecule has 5 heteroatoms. The van der Waals surface area contributed by atoms with E-state index in [9.17, 15) is 8.42 Å². The average molecular weight is 296 g/mol. The summed E-state index contributed by atoms with van der Waals surface area (Å²) in [6.45, 7) is 6.26. The largest absolute Gasteiger partial charge is 0.310 e. The number of piperidine rings is 1. The van der Waals surface area contributed by atoms with E-state index in [1.54, 1.807) is 16.4 Å². The molecule has 0 aliphatic carbocycles. The minimum absolute atomic E-state index is 0.163. The van der Waals surface area contributed by atoms with Crippen LogP contribution in [0, 0.1) is 0 Å². The number of benzene rings is 1. The quantitative estimate of drug-likeness (QED) is 0.908. The Labute approximate surface area is 122 Å². The summed E-state index contributed by atoms with van der Waals surface area (Å²) in [7, 11) is -3.33. The van der Waals surface area contributed by atoms with Crippen molar-refractivity contribution < 1.29 is 8.42 Å². The Morgan fingerprint density at radius 1 is 1.25 bits per heavy atom. The summed E-state index contributed by atoms with van der Waals surface area (Å²) < 4.78 is 26.9. The molecule has 1 atom stereocenters. The van der Waals surface area contributed by atoms with Gasteiger partial charge in [-0.3, -0.25) is 0 Å². The maximum absolute atomic E-state index is 12.6. The highest BCUT2D eigenvalue weighted by atomic mass is 32.2. The molecule has 4 nitrogen and oxygen atoms in total. The Morgan fingerprint density at radius 2 is 1.95 bits per heavy atom. The molecule has 2 rings (SSSR count). The van der Waals surface area contributed by atoms with Gasteiger partial charge in [0.15, 0.2) is 0 Å². The average Bonchev–Trinajstić information content (AvgIpc) is 2.48. The highest BCUT2D eigenvalue weighted by Gasteiger charge is 2.26. The molecule has 0 amide bonds. The van der Waals surface area contributed by atoms with E-state index < -0.39 is 10.0 Å². The van der Waals surface area contributed by atoms with Gasteiger partial charge in [0.2, 0.25) is 10.0 Å². The van der Waals surface area contributed by atoms with Crippen LogP contribution in [0.3, 0.4) is 0 Å². The van der Waals surface area contributed by atoms with Gasteiger partial charge in [-0.2, -0.15) is 4.31 Å². The van der Waals surface area contributed by atoms with Crippen molar-refractivity contribution in [3.05, 3.63) is 29.8 Å². The van der Waals surface area contributed by atoms with Gasteiger partial charge in [0.05, 0.1) is 4.90 Å². The summed E-state index contributed by atoms with van der Waals surface area (Å²) in [5, 5.41) is 3.31. The van der Waals surface area contributed by atoms with E-state index >= 15 is 0 Å². The van der Waals surface area contributed by atoms with Gasteiger partial charge in [0.1, 0.15) is 0 Å². The standard InChI is InChI=1S/C15H24N2O2S/c1-3-16-13(2)14-8-7-9-15(12-14)20(18,19)17-10-5-4-6-11-17/h7-9,12-13,16H,3-6,10-11H2,1-2H3. The van der Waals surface area contributed by atoms with Crippen molar-refractivity contribution in [1.82, 2.24) is 9.62 Å². The van der Waals surface area contributed by atoms with E-state index in [4.69, 9.17) is 0 Å². The van der Waals surface area contributed by atoms with Crippen LogP contribution in [0.2, 0.25) is 0 Å². The summed E-state index contributed by atoms with van der Waals surface area (Å²) in [6, 6.07) is 7.47. The summed E-state index contributed by atoms with van der Waals surface area (Å²) >= 11 is 0. The topological polar surface area (TPSA) is 49.4 Å². The van der Waals surface area contributed by atoms with E-state index in [1.165, 1.54) is 0 Å². The molecule has 1 N–H and O–H groups in total. The molecule has 0 saturated carbocycles. The third-order valence-corrected chi connectivity index (χ3v) is 5.72. The molecule has 1 aromatic rings. The van der Waals surface area contributed by atoms with Crippen LogP contribution in [-0.2, 0) is 10.0 Å². The second-order valence-corrected chi connectivity index (χ2v) is 7.25. The number of hydrogen-bond acceptors (Lipinski definition) is 3. The lowest BCUT2D eigenvalue weighted by Gasteiger charge is -2.26. The first-order valence-corrected chi connectivity index (χ1v) is 8.83. The SMILES string of the molecule is CCNC(C)c1cccc(S(=O)(=O)N2CCCCC2)c1. The molecule has 0 spiro atoms. The molecule has 1 aliphatic heterocycles. The molecule has 1 aliphatic rings. The molecule has 1 heterocycles. The third kappa shape index (κ3) is 3.40. The fourth-order valence-electron chi connectivity index (χ4n) is 2.62. The van der Waals surface area contributed by atoms with Gasteiger partial charge in [-0.25, -0.2) is 8.42 Å². The molecule has 1 aromatic carbocycles. The molecule has 0 radical (unpaired) electrons. The fraction of sp³-hybridized carbons (Fsp3) is 0.600. The van der Waals surface area contributed by atoms with Crippen LogP contribution in [0.1, 0.15) is 44.7 Å². The van der Waals surface area contributed by atoms with Crippen molar-refractivity contribution in [3.8, 4) is 0 Å². The lowest BCUT2D eigenvalue weighted by Crippen LogP contribution is -2.35. The monoisotopic (exact) mass is 296 g/mol. The first kappa shape index (κ1) is 15.5. The number of nitrogens with one attached hydrogen (secondary N) is 1. The number of hydrogen-bond donors (Lipinski definition) is 1. The Morgan fingerprint density at radius 3 is 2.60 bits per heavy atom. The number of rotatable bonds is 5. The van der Waals surface area contributed by atoms with E-state index in [1.807, 2.05) is 19.1 Å². The van der Waals surface area contributed by atoms with E-state index in [2.05, 4.69) is 12.2 Å². The van der Waals surface area contributed by atoms with Crippen LogP contribution in [0.15, 0.2) is 29.2 Å². The number of sulfonamides is 1. The van der Waals surface area contributed by atoms with E-state index in [0.717, 1.165) is 31.4 Å². The molecule has 0 aromatic heterocycles. The van der Waals surface area contributed by atoms with Gasteiger partial charge in [0, 0.05) is 19.1 Å². The van der Waals surface area contributed by atoms with Gasteiger partial charge in [0.25, 0.3) is 0 Å². The van der Waals surface area contributed by atoms with Crippen molar-refractivity contribution in [2.45, 2.75) is 44.0 Å². The van der Waals surface area contributed by atoms with Crippen molar-refractivity contribution in [2.24, 2.45) is 0 Å². The third-order valence-electron chi connectivity index (χ3n) is 3.82. The van der Waals surface area contributed by atoms with Crippen molar-refractivity contribution in [3.63, 3.8) is 0 Å². The van der Waals surface area contributed by atoms with Gasteiger partial charge >= 0.3 is 0 Å². The minimum Gasteiger partial charge on any atom is -0.310 e. The highest BCUT2D eigenvalue weighted by Crippen LogP contribution is 2.23. The molecule has 20 heavy (non-hydrogen) atoms. The maximum atomic E-state index is 12.6. The van der Waals surface area contributed by atoms with Crippen LogP contribution >= 0.6 is 0 Å². The highest BCUT2D eigenvalue weighted by molar-refractivity contribution is 7.89. The number of nitrogens with zero attached hydrogens (tertiary/aromatic N) is 1. The zero-order chi connectivity index (χ0) is 14.6. The Bertz CT molecular complexity index is 537. The molecule has 112 valence electrons. The van der Waals surface area contributed by atoms with Gasteiger partial charge in [-0.05, 0) is 44.0 Å². The predicted molar refractivity (Wildman–Crippen MR) is 81.1 cm³/mol. The van der Waals surface area contributed by atoms with Crippen LogP contribution in [0.25, 0.3) is 0 Å². The fourth-order valence-corrected chi connectivity index (χ4v) is 4.20. The zero-order valence-electron chi connectivity index (χ0n) is 12.3. The predicted octanol–water partition coefficient (Wildman–Crippen LogP) is 2.53.